The molecule has 38 heavy (non-hydrogen) atoms. The van der Waals surface area contributed by atoms with Gasteiger partial charge < -0.3 is 19.9 Å². The Bertz CT molecular complexity index is 1560. The van der Waals surface area contributed by atoms with Crippen molar-refractivity contribution in [2.45, 2.75) is 25.7 Å². The van der Waals surface area contributed by atoms with Crippen molar-refractivity contribution in [3.63, 3.8) is 0 Å². The average Bonchev–Trinajstić information content (AvgIpc) is 3.50. The predicted octanol–water partition coefficient (Wildman–Crippen LogP) is 4.77. The third kappa shape index (κ3) is 4.09. The normalized spacial score (nSPS) is 19.1. The minimum atomic E-state index is 0.0212. The fourth-order valence-corrected chi connectivity index (χ4v) is 5.85. The second-order valence-corrected chi connectivity index (χ2v) is 10.0. The monoisotopic (exact) mass is 507 g/mol. The number of fused-ring (bicyclic) bond motifs is 1. The zero-order valence-electron chi connectivity index (χ0n) is 21.3. The van der Waals surface area contributed by atoms with E-state index < -0.39 is 0 Å². The lowest BCUT2D eigenvalue weighted by molar-refractivity contribution is -0.125. The van der Waals surface area contributed by atoms with E-state index >= 15 is 0 Å². The number of allylic oxidation sites excluding steroid dienone is 2. The van der Waals surface area contributed by atoms with Crippen LogP contribution in [-0.4, -0.2) is 48.4 Å². The SMILES string of the molecule is C=CC(=O)N1CCC2(CC=C(c3c(-c4ccc(Oc5ncccn5)cc4)c4c(N)ncnc4n3C)CC2)C1. The van der Waals surface area contributed by atoms with Crippen molar-refractivity contribution in [2.75, 3.05) is 18.8 Å². The first-order valence-electron chi connectivity index (χ1n) is 12.7. The number of aryl methyl sites for hydroxylation is 1. The highest BCUT2D eigenvalue weighted by atomic mass is 16.5. The van der Waals surface area contributed by atoms with Gasteiger partial charge in [0.15, 0.2) is 0 Å². The summed E-state index contributed by atoms with van der Waals surface area (Å²) in [5.41, 5.74) is 11.7. The van der Waals surface area contributed by atoms with Crippen molar-refractivity contribution in [1.29, 1.82) is 0 Å². The second-order valence-electron chi connectivity index (χ2n) is 10.0. The molecule has 9 nitrogen and oxygen atoms in total. The van der Waals surface area contributed by atoms with Crippen LogP contribution in [0.4, 0.5) is 5.82 Å². The molecule has 6 rings (SSSR count). The van der Waals surface area contributed by atoms with Gasteiger partial charge in [-0.2, -0.15) is 0 Å². The molecule has 9 heteroatoms. The average molecular weight is 508 g/mol. The topological polar surface area (TPSA) is 112 Å². The van der Waals surface area contributed by atoms with Gasteiger partial charge >= 0.3 is 6.01 Å². The molecule has 2 aliphatic rings. The molecular formula is C29H29N7O2. The van der Waals surface area contributed by atoms with Crippen molar-refractivity contribution in [3.8, 4) is 22.9 Å². The number of ether oxygens (including phenoxy) is 1. The van der Waals surface area contributed by atoms with Crippen LogP contribution in [-0.2, 0) is 11.8 Å². The number of carbonyl (C=O) groups is 1. The molecule has 1 aromatic carbocycles. The number of nitrogen functional groups attached to an aromatic ring is 1. The van der Waals surface area contributed by atoms with Gasteiger partial charge in [-0.3, -0.25) is 4.79 Å². The lowest BCUT2D eigenvalue weighted by atomic mass is 9.73. The predicted molar refractivity (Wildman–Crippen MR) is 146 cm³/mol. The highest BCUT2D eigenvalue weighted by molar-refractivity contribution is 6.06. The summed E-state index contributed by atoms with van der Waals surface area (Å²) in [6.07, 6.45) is 12.4. The van der Waals surface area contributed by atoms with Crippen LogP contribution in [0, 0.1) is 5.41 Å². The van der Waals surface area contributed by atoms with Crippen molar-refractivity contribution in [3.05, 3.63) is 73.5 Å². The minimum Gasteiger partial charge on any atom is -0.424 e. The summed E-state index contributed by atoms with van der Waals surface area (Å²) in [5, 5.41) is 0.842. The molecule has 4 heterocycles. The van der Waals surface area contributed by atoms with Gasteiger partial charge in [0, 0.05) is 38.1 Å². The number of aromatic nitrogens is 5. The Labute approximate surface area is 220 Å². The van der Waals surface area contributed by atoms with E-state index in [9.17, 15) is 4.79 Å². The number of nitrogens with zero attached hydrogens (tertiary/aromatic N) is 6. The molecule has 0 saturated carbocycles. The van der Waals surface area contributed by atoms with E-state index in [0.29, 0.717) is 17.6 Å². The van der Waals surface area contributed by atoms with Gasteiger partial charge in [0.25, 0.3) is 0 Å². The molecule has 1 spiro atoms. The smallest absolute Gasteiger partial charge is 0.321 e. The lowest BCUT2D eigenvalue weighted by Gasteiger charge is -2.33. The molecule has 1 saturated heterocycles. The standard InChI is InChI=1S/C29H29N7O2/c1-3-22(37)36-16-13-29(17-36)11-9-20(10-12-29)25-23(24-26(30)33-18-34-27(24)35(25)2)19-5-7-21(8-6-19)38-28-31-14-4-15-32-28/h3-9,14-15,18H,1,10-13,16-17H2,2H3,(H2,30,33,34). The Hall–Kier alpha value is -4.53. The van der Waals surface area contributed by atoms with Gasteiger partial charge in [-0.05, 0) is 66.5 Å². The molecule has 0 radical (unpaired) electrons. The molecule has 1 fully saturated rings. The molecule has 1 unspecified atom stereocenters. The van der Waals surface area contributed by atoms with E-state index in [0.717, 1.165) is 66.6 Å². The van der Waals surface area contributed by atoms with Crippen LogP contribution < -0.4 is 10.5 Å². The van der Waals surface area contributed by atoms with Gasteiger partial charge in [0.05, 0.1) is 11.1 Å². The first-order valence-corrected chi connectivity index (χ1v) is 12.7. The van der Waals surface area contributed by atoms with Crippen LogP contribution in [0.15, 0.2) is 67.8 Å². The number of hydrogen-bond donors (Lipinski definition) is 1. The summed E-state index contributed by atoms with van der Waals surface area (Å²) in [6, 6.07) is 9.89. The van der Waals surface area contributed by atoms with E-state index in [1.807, 2.05) is 36.2 Å². The van der Waals surface area contributed by atoms with Crippen LogP contribution in [0.25, 0.3) is 27.7 Å². The summed E-state index contributed by atoms with van der Waals surface area (Å²) >= 11 is 0. The summed E-state index contributed by atoms with van der Waals surface area (Å²) in [6.45, 7) is 5.23. The quantitative estimate of drug-likeness (QED) is 0.387. The van der Waals surface area contributed by atoms with Crippen LogP contribution in [0.2, 0.25) is 0 Å². The van der Waals surface area contributed by atoms with Gasteiger partial charge in [0.2, 0.25) is 5.91 Å². The highest BCUT2D eigenvalue weighted by Gasteiger charge is 2.40. The summed E-state index contributed by atoms with van der Waals surface area (Å²) < 4.78 is 7.92. The number of amides is 1. The molecule has 1 amide bonds. The van der Waals surface area contributed by atoms with Crippen LogP contribution in [0.1, 0.15) is 31.4 Å². The van der Waals surface area contributed by atoms with Gasteiger partial charge in [-0.1, -0.05) is 24.8 Å². The van der Waals surface area contributed by atoms with Gasteiger partial charge in [-0.15, -0.1) is 0 Å². The maximum Gasteiger partial charge on any atom is 0.321 e. The molecule has 3 aromatic heterocycles. The molecule has 0 bridgehead atoms. The molecule has 4 aromatic rings. The summed E-state index contributed by atoms with van der Waals surface area (Å²) in [4.78, 5) is 31.2. The van der Waals surface area contributed by atoms with Crippen molar-refractivity contribution < 1.29 is 9.53 Å². The van der Waals surface area contributed by atoms with E-state index in [1.54, 1.807) is 18.5 Å². The van der Waals surface area contributed by atoms with E-state index in [2.05, 4.69) is 37.2 Å². The minimum absolute atomic E-state index is 0.0212. The first-order chi connectivity index (χ1) is 18.5. The van der Waals surface area contributed by atoms with E-state index in [1.165, 1.54) is 18.0 Å². The van der Waals surface area contributed by atoms with E-state index in [4.69, 9.17) is 10.5 Å². The Balaban J connectivity index is 1.37. The first kappa shape index (κ1) is 23.8. The zero-order chi connectivity index (χ0) is 26.3. The van der Waals surface area contributed by atoms with E-state index in [-0.39, 0.29) is 11.3 Å². The molecule has 2 N–H and O–H groups in total. The Morgan fingerprint density at radius 3 is 2.63 bits per heavy atom. The fraction of sp³-hybridized carbons (Fsp3) is 0.276. The lowest BCUT2D eigenvalue weighted by Crippen LogP contribution is -2.31. The summed E-state index contributed by atoms with van der Waals surface area (Å²) in [5.74, 6) is 1.12. The summed E-state index contributed by atoms with van der Waals surface area (Å²) in [7, 11) is 2.03. The number of rotatable bonds is 5. The molecule has 1 aliphatic heterocycles. The number of likely N-dealkylation sites (tertiary alicyclic amines) is 1. The second kappa shape index (κ2) is 9.41. The maximum absolute atomic E-state index is 12.2. The number of benzene rings is 1. The van der Waals surface area contributed by atoms with Gasteiger partial charge in [-0.25, -0.2) is 19.9 Å². The van der Waals surface area contributed by atoms with Crippen LogP contribution in [0.5, 0.6) is 11.8 Å². The number of hydrogen-bond acceptors (Lipinski definition) is 7. The Morgan fingerprint density at radius 2 is 1.92 bits per heavy atom. The van der Waals surface area contributed by atoms with Crippen molar-refractivity contribution in [2.24, 2.45) is 12.5 Å². The van der Waals surface area contributed by atoms with Gasteiger partial charge in [0.1, 0.15) is 23.5 Å². The van der Waals surface area contributed by atoms with Crippen LogP contribution >= 0.6 is 0 Å². The zero-order valence-corrected chi connectivity index (χ0v) is 21.3. The Kier molecular flexibility index (Phi) is 5.90. The molecule has 192 valence electrons. The third-order valence-corrected chi connectivity index (χ3v) is 7.83. The van der Waals surface area contributed by atoms with Crippen LogP contribution in [0.3, 0.4) is 0 Å². The number of carbonyl (C=O) groups excluding carboxylic acids is 1. The highest BCUT2D eigenvalue weighted by Crippen LogP contribution is 2.48. The number of anilines is 1. The van der Waals surface area contributed by atoms with Crippen molar-refractivity contribution in [1.82, 2.24) is 29.4 Å². The maximum atomic E-state index is 12.2. The Morgan fingerprint density at radius 1 is 1.13 bits per heavy atom. The fourth-order valence-electron chi connectivity index (χ4n) is 5.85. The largest absolute Gasteiger partial charge is 0.424 e. The van der Waals surface area contributed by atoms with Crippen molar-refractivity contribution >= 4 is 28.3 Å². The molecule has 1 aliphatic carbocycles. The number of nitrogens with two attached hydrogens (primary N) is 1. The third-order valence-electron chi connectivity index (χ3n) is 7.83. The molecule has 1 atom stereocenters. The molecular weight excluding hydrogens is 478 g/mol.